The SMILES string of the molecule is CC(=O)N(Cc1ccccc1)C(C)C(=O)NCc1ccccc1Cl. The summed E-state index contributed by atoms with van der Waals surface area (Å²) in [4.78, 5) is 25.9. The minimum absolute atomic E-state index is 0.140. The number of rotatable bonds is 6. The zero-order chi connectivity index (χ0) is 17.5. The lowest BCUT2D eigenvalue weighted by atomic mass is 10.1. The standard InChI is InChI=1S/C19H21ClN2O2/c1-14(19(24)21-12-17-10-6-7-11-18(17)20)22(15(2)23)13-16-8-4-3-5-9-16/h3-11,14H,12-13H2,1-2H3,(H,21,24). The van der Waals surface area contributed by atoms with Crippen LogP contribution in [0.5, 0.6) is 0 Å². The number of hydrogen-bond donors (Lipinski definition) is 1. The van der Waals surface area contributed by atoms with Gasteiger partial charge in [0.1, 0.15) is 6.04 Å². The summed E-state index contributed by atoms with van der Waals surface area (Å²) in [5.74, 6) is -0.347. The molecule has 0 saturated heterocycles. The molecule has 2 amide bonds. The Morgan fingerprint density at radius 3 is 2.33 bits per heavy atom. The van der Waals surface area contributed by atoms with Crippen LogP contribution in [0.3, 0.4) is 0 Å². The number of amides is 2. The highest BCUT2D eigenvalue weighted by Gasteiger charge is 2.23. The summed E-state index contributed by atoms with van der Waals surface area (Å²) in [6.07, 6.45) is 0. The van der Waals surface area contributed by atoms with Gasteiger partial charge in [-0.25, -0.2) is 0 Å². The van der Waals surface area contributed by atoms with Gasteiger partial charge in [-0.2, -0.15) is 0 Å². The molecular weight excluding hydrogens is 324 g/mol. The Morgan fingerprint density at radius 1 is 1.08 bits per heavy atom. The van der Waals surface area contributed by atoms with E-state index in [1.807, 2.05) is 48.5 Å². The van der Waals surface area contributed by atoms with Gasteiger partial charge in [0.05, 0.1) is 0 Å². The van der Waals surface area contributed by atoms with Crippen molar-refractivity contribution in [1.29, 1.82) is 0 Å². The van der Waals surface area contributed by atoms with Gasteiger partial charge in [-0.15, -0.1) is 0 Å². The Balaban J connectivity index is 2.01. The van der Waals surface area contributed by atoms with Crippen LogP contribution in [0.25, 0.3) is 0 Å². The fourth-order valence-corrected chi connectivity index (χ4v) is 2.62. The Bertz CT molecular complexity index is 704. The van der Waals surface area contributed by atoms with Gasteiger partial charge in [0.15, 0.2) is 0 Å². The molecule has 0 aromatic heterocycles. The number of nitrogens with zero attached hydrogens (tertiary/aromatic N) is 1. The maximum absolute atomic E-state index is 12.4. The van der Waals surface area contributed by atoms with Crippen molar-refractivity contribution < 1.29 is 9.59 Å². The Kier molecular flexibility index (Phi) is 6.38. The van der Waals surface area contributed by atoms with Gasteiger partial charge in [0.2, 0.25) is 11.8 Å². The van der Waals surface area contributed by atoms with E-state index in [0.29, 0.717) is 18.1 Å². The second-order valence-corrected chi connectivity index (χ2v) is 6.02. The van der Waals surface area contributed by atoms with Crippen LogP contribution in [0.1, 0.15) is 25.0 Å². The van der Waals surface area contributed by atoms with Crippen LogP contribution in [0.15, 0.2) is 54.6 Å². The third kappa shape index (κ3) is 4.83. The molecule has 0 fully saturated rings. The minimum Gasteiger partial charge on any atom is -0.350 e. The number of carbonyl (C=O) groups excluding carboxylic acids is 2. The molecule has 0 aliphatic rings. The minimum atomic E-state index is -0.565. The van der Waals surface area contributed by atoms with Crippen molar-refractivity contribution in [3.63, 3.8) is 0 Å². The van der Waals surface area contributed by atoms with Gasteiger partial charge in [0, 0.05) is 25.0 Å². The first kappa shape index (κ1) is 18.0. The maximum Gasteiger partial charge on any atom is 0.242 e. The highest BCUT2D eigenvalue weighted by atomic mass is 35.5. The zero-order valence-corrected chi connectivity index (χ0v) is 14.6. The fraction of sp³-hybridized carbons (Fsp3) is 0.263. The smallest absolute Gasteiger partial charge is 0.242 e. The quantitative estimate of drug-likeness (QED) is 0.873. The molecule has 1 unspecified atom stereocenters. The fourth-order valence-electron chi connectivity index (χ4n) is 2.41. The Labute approximate surface area is 147 Å². The van der Waals surface area contributed by atoms with Gasteiger partial charge in [-0.05, 0) is 24.1 Å². The van der Waals surface area contributed by atoms with E-state index >= 15 is 0 Å². The second kappa shape index (κ2) is 8.50. The number of halogens is 1. The molecule has 0 heterocycles. The van der Waals surface area contributed by atoms with Crippen LogP contribution < -0.4 is 5.32 Å². The van der Waals surface area contributed by atoms with Crippen LogP contribution >= 0.6 is 11.6 Å². The molecule has 0 spiro atoms. The molecule has 0 saturated carbocycles. The van der Waals surface area contributed by atoms with Gasteiger partial charge in [0.25, 0.3) is 0 Å². The van der Waals surface area contributed by atoms with Crippen LogP contribution in [-0.2, 0) is 22.7 Å². The zero-order valence-electron chi connectivity index (χ0n) is 13.8. The van der Waals surface area contributed by atoms with Crippen molar-refractivity contribution in [2.24, 2.45) is 0 Å². The molecule has 1 atom stereocenters. The average molecular weight is 345 g/mol. The highest BCUT2D eigenvalue weighted by molar-refractivity contribution is 6.31. The molecule has 0 bridgehead atoms. The molecule has 0 aliphatic carbocycles. The topological polar surface area (TPSA) is 49.4 Å². The van der Waals surface area contributed by atoms with Crippen LogP contribution in [0, 0.1) is 0 Å². The lowest BCUT2D eigenvalue weighted by Crippen LogP contribution is -2.46. The van der Waals surface area contributed by atoms with Crippen LogP contribution in [0.4, 0.5) is 0 Å². The van der Waals surface area contributed by atoms with Crippen molar-refractivity contribution in [1.82, 2.24) is 10.2 Å². The van der Waals surface area contributed by atoms with Gasteiger partial charge in [-0.1, -0.05) is 60.1 Å². The summed E-state index contributed by atoms with van der Waals surface area (Å²) >= 11 is 6.09. The van der Waals surface area contributed by atoms with E-state index in [-0.39, 0.29) is 11.8 Å². The first-order chi connectivity index (χ1) is 11.5. The van der Waals surface area contributed by atoms with E-state index in [2.05, 4.69) is 5.32 Å². The molecule has 1 N–H and O–H groups in total. The third-order valence-corrected chi connectivity index (χ3v) is 4.23. The number of nitrogens with one attached hydrogen (secondary N) is 1. The molecule has 4 nitrogen and oxygen atoms in total. The van der Waals surface area contributed by atoms with E-state index in [4.69, 9.17) is 11.6 Å². The highest BCUT2D eigenvalue weighted by Crippen LogP contribution is 2.15. The average Bonchev–Trinajstić information content (AvgIpc) is 2.58. The normalized spacial score (nSPS) is 11.6. The predicted molar refractivity (Wildman–Crippen MR) is 95.4 cm³/mol. The third-order valence-electron chi connectivity index (χ3n) is 3.86. The van der Waals surface area contributed by atoms with Gasteiger partial charge in [-0.3, -0.25) is 9.59 Å². The van der Waals surface area contributed by atoms with Crippen LogP contribution in [-0.4, -0.2) is 22.8 Å². The second-order valence-electron chi connectivity index (χ2n) is 5.62. The van der Waals surface area contributed by atoms with Crippen molar-refractivity contribution in [2.75, 3.05) is 0 Å². The summed E-state index contributed by atoms with van der Waals surface area (Å²) in [7, 11) is 0. The summed E-state index contributed by atoms with van der Waals surface area (Å²) in [5.41, 5.74) is 1.83. The molecule has 0 radical (unpaired) electrons. The largest absolute Gasteiger partial charge is 0.350 e. The first-order valence-corrected chi connectivity index (χ1v) is 8.19. The summed E-state index contributed by atoms with van der Waals surface area (Å²) in [6, 6.07) is 16.4. The Hall–Kier alpha value is -2.33. The van der Waals surface area contributed by atoms with Crippen molar-refractivity contribution >= 4 is 23.4 Å². The molecule has 2 aromatic carbocycles. The molecule has 126 valence electrons. The van der Waals surface area contributed by atoms with Crippen molar-refractivity contribution in [3.05, 3.63) is 70.7 Å². The van der Waals surface area contributed by atoms with Gasteiger partial charge >= 0.3 is 0 Å². The van der Waals surface area contributed by atoms with E-state index in [0.717, 1.165) is 11.1 Å². The van der Waals surface area contributed by atoms with E-state index in [9.17, 15) is 9.59 Å². The monoisotopic (exact) mass is 344 g/mol. The van der Waals surface area contributed by atoms with Crippen molar-refractivity contribution in [3.8, 4) is 0 Å². The Morgan fingerprint density at radius 2 is 1.71 bits per heavy atom. The first-order valence-electron chi connectivity index (χ1n) is 7.81. The lowest BCUT2D eigenvalue weighted by molar-refractivity contribution is -0.139. The number of hydrogen-bond acceptors (Lipinski definition) is 2. The summed E-state index contributed by atoms with van der Waals surface area (Å²) in [6.45, 7) is 3.93. The number of carbonyl (C=O) groups is 2. The lowest BCUT2D eigenvalue weighted by Gasteiger charge is -2.27. The number of benzene rings is 2. The van der Waals surface area contributed by atoms with Crippen LogP contribution in [0.2, 0.25) is 5.02 Å². The molecule has 2 rings (SSSR count). The molecule has 2 aromatic rings. The molecule has 24 heavy (non-hydrogen) atoms. The summed E-state index contributed by atoms with van der Waals surface area (Å²) < 4.78 is 0. The predicted octanol–water partition coefficient (Wildman–Crippen LogP) is 3.39. The van der Waals surface area contributed by atoms with E-state index in [1.165, 1.54) is 6.92 Å². The summed E-state index contributed by atoms with van der Waals surface area (Å²) in [5, 5.41) is 3.45. The van der Waals surface area contributed by atoms with E-state index < -0.39 is 6.04 Å². The molecular formula is C19H21ClN2O2. The molecule has 5 heteroatoms. The maximum atomic E-state index is 12.4. The van der Waals surface area contributed by atoms with Gasteiger partial charge < -0.3 is 10.2 Å². The van der Waals surface area contributed by atoms with Crippen molar-refractivity contribution in [2.45, 2.75) is 33.0 Å². The van der Waals surface area contributed by atoms with E-state index in [1.54, 1.807) is 17.9 Å². The molecule has 0 aliphatic heterocycles.